The standard InChI is InChI=1S/C16H18N6O/c1-21-10-8-18-16(21)15(13-5-3-2-4-6-13)20-14(23)7-9-22-12-17-11-19-22/h2-6,8,10-12,15H,7,9H2,1H3,(H,20,23)/t15-/m0/s1. The van der Waals surface area contributed by atoms with Gasteiger partial charge in [0, 0.05) is 25.9 Å². The first-order chi connectivity index (χ1) is 11.2. The van der Waals surface area contributed by atoms with Gasteiger partial charge in [0.15, 0.2) is 0 Å². The van der Waals surface area contributed by atoms with Gasteiger partial charge >= 0.3 is 0 Å². The molecule has 23 heavy (non-hydrogen) atoms. The number of nitrogens with one attached hydrogen (secondary N) is 1. The van der Waals surface area contributed by atoms with Crippen LogP contribution in [-0.2, 0) is 18.4 Å². The minimum absolute atomic E-state index is 0.0580. The first kappa shape index (κ1) is 15.0. The van der Waals surface area contributed by atoms with Gasteiger partial charge in [-0.15, -0.1) is 0 Å². The summed E-state index contributed by atoms with van der Waals surface area (Å²) in [5, 5.41) is 7.05. The summed E-state index contributed by atoms with van der Waals surface area (Å²) in [5.41, 5.74) is 0.996. The van der Waals surface area contributed by atoms with Crippen molar-refractivity contribution in [2.24, 2.45) is 7.05 Å². The van der Waals surface area contributed by atoms with Crippen LogP contribution in [0.15, 0.2) is 55.4 Å². The molecule has 0 saturated heterocycles. The SMILES string of the molecule is Cn1ccnc1[C@@H](NC(=O)CCn1cncn1)c1ccccc1. The summed E-state index contributed by atoms with van der Waals surface area (Å²) in [7, 11) is 1.92. The lowest BCUT2D eigenvalue weighted by molar-refractivity contribution is -0.121. The Hall–Kier alpha value is -2.96. The molecule has 1 aromatic carbocycles. The van der Waals surface area contributed by atoms with Crippen molar-refractivity contribution < 1.29 is 4.79 Å². The second-order valence-electron chi connectivity index (χ2n) is 5.22. The van der Waals surface area contributed by atoms with E-state index in [1.165, 1.54) is 6.33 Å². The second kappa shape index (κ2) is 6.87. The maximum Gasteiger partial charge on any atom is 0.222 e. The van der Waals surface area contributed by atoms with E-state index >= 15 is 0 Å². The lowest BCUT2D eigenvalue weighted by Gasteiger charge is -2.19. The Kier molecular flexibility index (Phi) is 4.46. The van der Waals surface area contributed by atoms with E-state index in [2.05, 4.69) is 20.4 Å². The van der Waals surface area contributed by atoms with Gasteiger partial charge in [0.25, 0.3) is 0 Å². The molecule has 3 rings (SSSR count). The van der Waals surface area contributed by atoms with Crippen molar-refractivity contribution in [3.05, 3.63) is 66.8 Å². The summed E-state index contributed by atoms with van der Waals surface area (Å²) < 4.78 is 3.55. The molecule has 1 N–H and O–H groups in total. The van der Waals surface area contributed by atoms with Crippen molar-refractivity contribution in [2.75, 3.05) is 0 Å². The van der Waals surface area contributed by atoms with Crippen LogP contribution in [0.4, 0.5) is 0 Å². The number of amides is 1. The van der Waals surface area contributed by atoms with Crippen LogP contribution >= 0.6 is 0 Å². The molecule has 7 nitrogen and oxygen atoms in total. The maximum absolute atomic E-state index is 12.3. The molecule has 1 atom stereocenters. The van der Waals surface area contributed by atoms with E-state index in [4.69, 9.17) is 0 Å². The van der Waals surface area contributed by atoms with Crippen LogP contribution in [0.1, 0.15) is 23.9 Å². The summed E-state index contributed by atoms with van der Waals surface area (Å²) >= 11 is 0. The van der Waals surface area contributed by atoms with E-state index in [-0.39, 0.29) is 11.9 Å². The number of hydrogen-bond acceptors (Lipinski definition) is 4. The summed E-state index contributed by atoms with van der Waals surface area (Å²) in [6.45, 7) is 0.494. The van der Waals surface area contributed by atoms with Crippen LogP contribution in [0.3, 0.4) is 0 Å². The highest BCUT2D eigenvalue weighted by molar-refractivity contribution is 5.76. The summed E-state index contributed by atoms with van der Waals surface area (Å²) in [6, 6.07) is 9.54. The average molecular weight is 310 g/mol. The Morgan fingerprint density at radius 2 is 2.13 bits per heavy atom. The molecule has 0 unspecified atom stereocenters. The normalized spacial score (nSPS) is 12.0. The number of nitrogens with zero attached hydrogens (tertiary/aromatic N) is 5. The van der Waals surface area contributed by atoms with Gasteiger partial charge in [-0.1, -0.05) is 30.3 Å². The Bertz CT molecular complexity index is 750. The van der Waals surface area contributed by atoms with Gasteiger partial charge in [-0.25, -0.2) is 9.97 Å². The largest absolute Gasteiger partial charge is 0.342 e. The van der Waals surface area contributed by atoms with Gasteiger partial charge in [0.2, 0.25) is 5.91 Å². The molecular weight excluding hydrogens is 292 g/mol. The average Bonchev–Trinajstić information content (AvgIpc) is 3.23. The fraction of sp³-hybridized carbons (Fsp3) is 0.250. The molecule has 0 radical (unpaired) electrons. The van der Waals surface area contributed by atoms with E-state index < -0.39 is 0 Å². The van der Waals surface area contributed by atoms with E-state index in [0.29, 0.717) is 13.0 Å². The number of carbonyl (C=O) groups excluding carboxylic acids is 1. The number of benzene rings is 1. The van der Waals surface area contributed by atoms with Gasteiger partial charge in [0.05, 0.1) is 6.54 Å². The topological polar surface area (TPSA) is 77.6 Å². The highest BCUT2D eigenvalue weighted by atomic mass is 16.1. The van der Waals surface area contributed by atoms with Gasteiger partial charge in [-0.3, -0.25) is 9.48 Å². The fourth-order valence-electron chi connectivity index (χ4n) is 2.40. The number of aryl methyl sites for hydroxylation is 2. The van der Waals surface area contributed by atoms with Crippen LogP contribution in [0.5, 0.6) is 0 Å². The van der Waals surface area contributed by atoms with Crippen molar-refractivity contribution in [1.29, 1.82) is 0 Å². The summed E-state index contributed by atoms with van der Waals surface area (Å²) in [5.74, 6) is 0.739. The zero-order valence-electron chi connectivity index (χ0n) is 12.8. The monoisotopic (exact) mass is 310 g/mol. The van der Waals surface area contributed by atoms with Gasteiger partial charge < -0.3 is 9.88 Å². The first-order valence-electron chi connectivity index (χ1n) is 7.38. The first-order valence-corrected chi connectivity index (χ1v) is 7.38. The molecule has 7 heteroatoms. The van der Waals surface area contributed by atoms with Crippen LogP contribution in [0.2, 0.25) is 0 Å². The molecule has 3 aromatic rings. The van der Waals surface area contributed by atoms with Crippen LogP contribution in [0, 0.1) is 0 Å². The third kappa shape index (κ3) is 3.63. The maximum atomic E-state index is 12.3. The Balaban J connectivity index is 1.74. The molecule has 1 amide bonds. The summed E-state index contributed by atoms with van der Waals surface area (Å²) in [4.78, 5) is 20.6. The molecule has 118 valence electrons. The molecule has 2 heterocycles. The predicted octanol–water partition coefficient (Wildman–Crippen LogP) is 1.31. The minimum Gasteiger partial charge on any atom is -0.342 e. The van der Waals surface area contributed by atoms with Crippen LogP contribution < -0.4 is 5.32 Å². The van der Waals surface area contributed by atoms with Crippen LogP contribution in [0.25, 0.3) is 0 Å². The lowest BCUT2D eigenvalue weighted by Crippen LogP contribution is -2.31. The number of imidazole rings is 1. The van der Waals surface area contributed by atoms with Crippen molar-refractivity contribution in [3.8, 4) is 0 Å². The Labute approximate surface area is 134 Å². The number of rotatable bonds is 6. The van der Waals surface area contributed by atoms with Gasteiger partial charge in [-0.2, -0.15) is 5.10 Å². The van der Waals surface area contributed by atoms with E-state index in [9.17, 15) is 4.79 Å². The fourth-order valence-corrected chi connectivity index (χ4v) is 2.40. The Morgan fingerprint density at radius 3 is 2.78 bits per heavy atom. The smallest absolute Gasteiger partial charge is 0.222 e. The zero-order valence-corrected chi connectivity index (χ0v) is 12.8. The number of carbonyl (C=O) groups is 1. The molecule has 0 bridgehead atoms. The van der Waals surface area contributed by atoms with E-state index in [1.54, 1.807) is 17.2 Å². The quantitative estimate of drug-likeness (QED) is 0.744. The van der Waals surface area contributed by atoms with Crippen molar-refractivity contribution in [2.45, 2.75) is 19.0 Å². The summed E-state index contributed by atoms with van der Waals surface area (Å²) in [6.07, 6.45) is 6.98. The highest BCUT2D eigenvalue weighted by Gasteiger charge is 2.20. The molecule has 0 fully saturated rings. The molecular formula is C16H18N6O. The van der Waals surface area contributed by atoms with Crippen molar-refractivity contribution >= 4 is 5.91 Å². The molecule has 2 aromatic heterocycles. The van der Waals surface area contributed by atoms with Gasteiger partial charge in [-0.05, 0) is 5.56 Å². The predicted molar refractivity (Wildman–Crippen MR) is 84.3 cm³/mol. The molecule has 0 spiro atoms. The molecule has 0 saturated carbocycles. The van der Waals surface area contributed by atoms with Gasteiger partial charge in [0.1, 0.15) is 24.5 Å². The third-order valence-electron chi connectivity index (χ3n) is 3.59. The minimum atomic E-state index is -0.278. The molecule has 0 aliphatic heterocycles. The molecule has 0 aliphatic rings. The number of hydrogen-bond donors (Lipinski definition) is 1. The third-order valence-corrected chi connectivity index (χ3v) is 3.59. The van der Waals surface area contributed by atoms with E-state index in [0.717, 1.165) is 11.4 Å². The second-order valence-corrected chi connectivity index (χ2v) is 5.22. The Morgan fingerprint density at radius 1 is 1.30 bits per heavy atom. The van der Waals surface area contributed by atoms with E-state index in [1.807, 2.05) is 48.1 Å². The van der Waals surface area contributed by atoms with Crippen LogP contribution in [-0.4, -0.2) is 30.2 Å². The zero-order chi connectivity index (χ0) is 16.1. The lowest BCUT2D eigenvalue weighted by atomic mass is 10.1. The number of aromatic nitrogens is 5. The van der Waals surface area contributed by atoms with Crippen molar-refractivity contribution in [1.82, 2.24) is 29.6 Å². The molecule has 0 aliphatic carbocycles. The van der Waals surface area contributed by atoms with Crippen molar-refractivity contribution in [3.63, 3.8) is 0 Å². The highest BCUT2D eigenvalue weighted by Crippen LogP contribution is 2.20.